The van der Waals surface area contributed by atoms with Crippen LogP contribution in [0.1, 0.15) is 25.8 Å². The van der Waals surface area contributed by atoms with E-state index in [0.717, 1.165) is 19.6 Å². The van der Waals surface area contributed by atoms with Crippen LogP contribution in [0.15, 0.2) is 42.5 Å². The highest BCUT2D eigenvalue weighted by Crippen LogP contribution is 2.06. The number of hydrogen-bond acceptors (Lipinski definition) is 1. The van der Waals surface area contributed by atoms with Gasteiger partial charge in [-0.1, -0.05) is 49.4 Å². The van der Waals surface area contributed by atoms with Crippen molar-refractivity contribution in [1.82, 2.24) is 0 Å². The van der Waals surface area contributed by atoms with Crippen molar-refractivity contribution >= 4 is 0 Å². The predicted molar refractivity (Wildman–Crippen MR) is 64.7 cm³/mol. The van der Waals surface area contributed by atoms with E-state index in [1.54, 1.807) is 0 Å². The van der Waals surface area contributed by atoms with Crippen molar-refractivity contribution in [1.29, 1.82) is 0 Å². The van der Waals surface area contributed by atoms with Gasteiger partial charge in [0.15, 0.2) is 0 Å². The van der Waals surface area contributed by atoms with Crippen LogP contribution >= 0.6 is 0 Å². The van der Waals surface area contributed by atoms with E-state index < -0.39 is 0 Å². The summed E-state index contributed by atoms with van der Waals surface area (Å²) >= 11 is 0. The molecule has 0 fully saturated rings. The molecule has 15 heavy (non-hydrogen) atoms. The molecule has 1 unspecified atom stereocenters. The van der Waals surface area contributed by atoms with Gasteiger partial charge in [-0.2, -0.15) is 0 Å². The molecule has 1 heteroatoms. The second-order valence-electron chi connectivity index (χ2n) is 3.91. The van der Waals surface area contributed by atoms with Crippen LogP contribution in [0.2, 0.25) is 0 Å². The van der Waals surface area contributed by atoms with Crippen molar-refractivity contribution in [3.8, 4) is 0 Å². The Hall–Kier alpha value is -1.08. The Labute approximate surface area is 92.8 Å². The summed E-state index contributed by atoms with van der Waals surface area (Å²) in [4.78, 5) is 0. The molecule has 0 aromatic heterocycles. The van der Waals surface area contributed by atoms with Crippen molar-refractivity contribution in [3.63, 3.8) is 0 Å². The fourth-order valence-corrected chi connectivity index (χ4v) is 1.39. The van der Waals surface area contributed by atoms with E-state index in [4.69, 9.17) is 4.74 Å². The molecule has 0 aliphatic carbocycles. The van der Waals surface area contributed by atoms with Gasteiger partial charge in [-0.3, -0.25) is 0 Å². The van der Waals surface area contributed by atoms with Crippen molar-refractivity contribution in [2.75, 3.05) is 6.61 Å². The van der Waals surface area contributed by atoms with Crippen LogP contribution in [0.25, 0.3) is 0 Å². The molecule has 0 heterocycles. The van der Waals surface area contributed by atoms with E-state index in [0.29, 0.717) is 5.92 Å². The molecule has 0 saturated carbocycles. The SMILES string of the molecule is C/C=C/CC(C)COCc1ccccc1. The van der Waals surface area contributed by atoms with Gasteiger partial charge in [-0.05, 0) is 24.8 Å². The summed E-state index contributed by atoms with van der Waals surface area (Å²) in [7, 11) is 0. The zero-order valence-corrected chi connectivity index (χ0v) is 9.65. The Morgan fingerprint density at radius 2 is 2.00 bits per heavy atom. The molecule has 0 radical (unpaired) electrons. The maximum absolute atomic E-state index is 5.64. The van der Waals surface area contributed by atoms with Gasteiger partial charge in [-0.15, -0.1) is 0 Å². The van der Waals surface area contributed by atoms with Gasteiger partial charge in [-0.25, -0.2) is 0 Å². The minimum atomic E-state index is 0.602. The van der Waals surface area contributed by atoms with E-state index in [1.807, 2.05) is 18.2 Å². The standard InChI is InChI=1S/C14H20O/c1-3-4-8-13(2)11-15-12-14-9-6-5-7-10-14/h3-7,9-10,13H,8,11-12H2,1-2H3/b4-3+. The van der Waals surface area contributed by atoms with Crippen molar-refractivity contribution in [2.45, 2.75) is 26.9 Å². The quantitative estimate of drug-likeness (QED) is 0.640. The van der Waals surface area contributed by atoms with Gasteiger partial charge in [0, 0.05) is 6.61 Å². The van der Waals surface area contributed by atoms with Crippen molar-refractivity contribution in [3.05, 3.63) is 48.0 Å². The summed E-state index contributed by atoms with van der Waals surface area (Å²) < 4.78 is 5.64. The van der Waals surface area contributed by atoms with Gasteiger partial charge in [0.1, 0.15) is 0 Å². The second kappa shape index (κ2) is 7.24. The molecular weight excluding hydrogens is 184 g/mol. The Bertz CT molecular complexity index is 277. The third-order valence-corrected chi connectivity index (χ3v) is 2.29. The van der Waals surface area contributed by atoms with Gasteiger partial charge in [0.05, 0.1) is 6.61 Å². The number of hydrogen-bond donors (Lipinski definition) is 0. The molecule has 0 saturated heterocycles. The first-order valence-electron chi connectivity index (χ1n) is 5.55. The topological polar surface area (TPSA) is 9.23 Å². The summed E-state index contributed by atoms with van der Waals surface area (Å²) in [5.74, 6) is 0.602. The van der Waals surface area contributed by atoms with E-state index in [1.165, 1.54) is 5.56 Å². The summed E-state index contributed by atoms with van der Waals surface area (Å²) in [6.07, 6.45) is 5.38. The third kappa shape index (κ3) is 5.38. The Morgan fingerprint density at radius 3 is 2.67 bits per heavy atom. The highest BCUT2D eigenvalue weighted by atomic mass is 16.5. The molecule has 1 aromatic rings. The lowest BCUT2D eigenvalue weighted by atomic mass is 10.1. The van der Waals surface area contributed by atoms with Crippen LogP contribution in [0, 0.1) is 5.92 Å². The minimum absolute atomic E-state index is 0.602. The monoisotopic (exact) mass is 204 g/mol. The zero-order chi connectivity index (χ0) is 10.9. The number of ether oxygens (including phenoxy) is 1. The Balaban J connectivity index is 2.16. The van der Waals surface area contributed by atoms with Crippen LogP contribution in [0.4, 0.5) is 0 Å². The van der Waals surface area contributed by atoms with E-state index in [9.17, 15) is 0 Å². The maximum atomic E-state index is 5.64. The van der Waals surface area contributed by atoms with Crippen molar-refractivity contribution in [2.24, 2.45) is 5.92 Å². The fraction of sp³-hybridized carbons (Fsp3) is 0.429. The first-order valence-corrected chi connectivity index (χ1v) is 5.55. The smallest absolute Gasteiger partial charge is 0.0717 e. The average Bonchev–Trinajstić information content (AvgIpc) is 2.28. The molecule has 0 spiro atoms. The highest BCUT2D eigenvalue weighted by Gasteiger charge is 1.99. The molecular formula is C14H20O. The summed E-state index contributed by atoms with van der Waals surface area (Å²) in [6, 6.07) is 10.3. The van der Waals surface area contributed by atoms with E-state index in [2.05, 4.69) is 38.1 Å². The van der Waals surface area contributed by atoms with E-state index >= 15 is 0 Å². The first-order chi connectivity index (χ1) is 7.33. The lowest BCUT2D eigenvalue weighted by Crippen LogP contribution is -2.04. The molecule has 0 bridgehead atoms. The summed E-state index contributed by atoms with van der Waals surface area (Å²) in [5, 5.41) is 0. The fourth-order valence-electron chi connectivity index (χ4n) is 1.39. The molecule has 1 nitrogen and oxygen atoms in total. The van der Waals surface area contributed by atoms with Gasteiger partial charge < -0.3 is 4.74 Å². The lowest BCUT2D eigenvalue weighted by molar-refractivity contribution is 0.0929. The Kier molecular flexibility index (Phi) is 5.79. The molecule has 0 aliphatic rings. The molecule has 0 aliphatic heterocycles. The lowest BCUT2D eigenvalue weighted by Gasteiger charge is -2.09. The van der Waals surface area contributed by atoms with Crippen LogP contribution in [0.5, 0.6) is 0 Å². The largest absolute Gasteiger partial charge is 0.376 e. The van der Waals surface area contributed by atoms with Gasteiger partial charge >= 0.3 is 0 Å². The molecule has 0 amide bonds. The molecule has 82 valence electrons. The summed E-state index contributed by atoms with van der Waals surface area (Å²) in [6.45, 7) is 5.82. The molecule has 1 atom stereocenters. The summed E-state index contributed by atoms with van der Waals surface area (Å²) in [5.41, 5.74) is 1.25. The van der Waals surface area contributed by atoms with Gasteiger partial charge in [0.25, 0.3) is 0 Å². The average molecular weight is 204 g/mol. The Morgan fingerprint density at radius 1 is 1.27 bits per heavy atom. The normalized spacial score (nSPS) is 13.2. The predicted octanol–water partition coefficient (Wildman–Crippen LogP) is 3.81. The van der Waals surface area contributed by atoms with Crippen LogP contribution < -0.4 is 0 Å². The van der Waals surface area contributed by atoms with Crippen LogP contribution in [0.3, 0.4) is 0 Å². The number of benzene rings is 1. The molecule has 1 rings (SSSR count). The zero-order valence-electron chi connectivity index (χ0n) is 9.65. The van der Waals surface area contributed by atoms with E-state index in [-0.39, 0.29) is 0 Å². The highest BCUT2D eigenvalue weighted by molar-refractivity contribution is 5.13. The third-order valence-electron chi connectivity index (χ3n) is 2.29. The number of rotatable bonds is 6. The van der Waals surface area contributed by atoms with Crippen molar-refractivity contribution < 1.29 is 4.74 Å². The first kappa shape index (κ1) is 12.0. The number of allylic oxidation sites excluding steroid dienone is 2. The van der Waals surface area contributed by atoms with Crippen LogP contribution in [-0.4, -0.2) is 6.61 Å². The minimum Gasteiger partial charge on any atom is -0.376 e. The molecule has 1 aromatic carbocycles. The maximum Gasteiger partial charge on any atom is 0.0717 e. The molecule has 0 N–H and O–H groups in total. The second-order valence-corrected chi connectivity index (χ2v) is 3.91. The van der Waals surface area contributed by atoms with Gasteiger partial charge in [0.2, 0.25) is 0 Å². The van der Waals surface area contributed by atoms with Crippen LogP contribution in [-0.2, 0) is 11.3 Å².